The first-order valence-electron chi connectivity index (χ1n) is 11.9. The number of hydrogen-bond acceptors (Lipinski definition) is 6. The zero-order valence-electron chi connectivity index (χ0n) is 19.2. The number of ether oxygens (including phenoxy) is 2. The van der Waals surface area contributed by atoms with Gasteiger partial charge in [0, 0.05) is 13.1 Å². The molecule has 0 saturated carbocycles. The van der Waals surface area contributed by atoms with E-state index in [-0.39, 0.29) is 24.3 Å². The summed E-state index contributed by atoms with van der Waals surface area (Å²) in [7, 11) is 2.11. The van der Waals surface area contributed by atoms with Crippen LogP contribution >= 0.6 is 0 Å². The van der Waals surface area contributed by atoms with E-state index < -0.39 is 0 Å². The lowest BCUT2D eigenvalue weighted by Gasteiger charge is -2.18. The zero-order chi connectivity index (χ0) is 22.5. The molecule has 0 amide bonds. The second kappa shape index (κ2) is 10.6. The fourth-order valence-corrected chi connectivity index (χ4v) is 4.88. The summed E-state index contributed by atoms with van der Waals surface area (Å²) in [5.74, 6) is 0. The second-order valence-corrected chi connectivity index (χ2v) is 9.16. The molecule has 0 spiro atoms. The van der Waals surface area contributed by atoms with Crippen molar-refractivity contribution in [3.8, 4) is 0 Å². The van der Waals surface area contributed by atoms with E-state index in [0.717, 1.165) is 38.2 Å². The third kappa shape index (κ3) is 5.50. The molecule has 0 radical (unpaired) electrons. The number of hydrogen-bond donors (Lipinski definition) is 1. The first kappa shape index (κ1) is 22.2. The number of fused-ring (bicyclic) bond motifs is 1. The van der Waals surface area contributed by atoms with Crippen LogP contribution < -0.4 is 5.32 Å². The van der Waals surface area contributed by atoms with Gasteiger partial charge in [-0.2, -0.15) is 0 Å². The van der Waals surface area contributed by atoms with E-state index in [2.05, 4.69) is 82.2 Å². The Kier molecular flexibility index (Phi) is 7.12. The van der Waals surface area contributed by atoms with E-state index in [9.17, 15) is 0 Å². The molecule has 0 bridgehead atoms. The van der Waals surface area contributed by atoms with Crippen LogP contribution in [0, 0.1) is 0 Å². The van der Waals surface area contributed by atoms with Gasteiger partial charge in [0.2, 0.25) is 0 Å². The standard InChI is InChI=1S/C26H33N5O2/c1-30(15-21-11-6-3-7-12-21)16-22-17-31(29-28-22)24-19-33-25-23(18-32-26(24)25)27-14-8-13-20-9-4-2-5-10-20/h2-7,9-12,17,23-27H,8,13-16,18-19H2,1H3. The van der Waals surface area contributed by atoms with E-state index in [1.807, 2.05) is 16.9 Å². The van der Waals surface area contributed by atoms with Crippen molar-refractivity contribution in [1.29, 1.82) is 0 Å². The molecule has 2 saturated heterocycles. The van der Waals surface area contributed by atoms with Crippen molar-refractivity contribution in [3.05, 3.63) is 83.7 Å². The van der Waals surface area contributed by atoms with E-state index in [4.69, 9.17) is 9.47 Å². The molecule has 4 atom stereocenters. The molecular formula is C26H33N5O2. The Labute approximate surface area is 195 Å². The van der Waals surface area contributed by atoms with Gasteiger partial charge in [0.05, 0.1) is 31.1 Å². The highest BCUT2D eigenvalue weighted by molar-refractivity contribution is 5.15. The van der Waals surface area contributed by atoms with Crippen LogP contribution in [0.5, 0.6) is 0 Å². The van der Waals surface area contributed by atoms with Crippen molar-refractivity contribution in [2.75, 3.05) is 26.8 Å². The molecule has 2 aliphatic rings. The summed E-state index contributed by atoms with van der Waals surface area (Å²) in [5.41, 5.74) is 3.64. The number of nitrogens with one attached hydrogen (secondary N) is 1. The number of aryl methyl sites for hydroxylation is 1. The molecular weight excluding hydrogens is 414 g/mol. The molecule has 174 valence electrons. The number of benzene rings is 2. The van der Waals surface area contributed by atoms with Crippen LogP contribution in [0.2, 0.25) is 0 Å². The van der Waals surface area contributed by atoms with Crippen LogP contribution in [0.15, 0.2) is 66.9 Å². The van der Waals surface area contributed by atoms with Gasteiger partial charge < -0.3 is 14.8 Å². The van der Waals surface area contributed by atoms with Crippen molar-refractivity contribution < 1.29 is 9.47 Å². The Morgan fingerprint density at radius 1 is 0.939 bits per heavy atom. The van der Waals surface area contributed by atoms with Crippen molar-refractivity contribution in [2.45, 2.75) is 50.2 Å². The molecule has 2 aliphatic heterocycles. The van der Waals surface area contributed by atoms with E-state index in [1.54, 1.807) is 0 Å². The molecule has 3 aromatic rings. The van der Waals surface area contributed by atoms with Crippen LogP contribution in [0.1, 0.15) is 29.3 Å². The lowest BCUT2D eigenvalue weighted by molar-refractivity contribution is 0.0620. The highest BCUT2D eigenvalue weighted by Gasteiger charge is 2.48. The summed E-state index contributed by atoms with van der Waals surface area (Å²) in [5, 5.41) is 12.5. The van der Waals surface area contributed by atoms with E-state index >= 15 is 0 Å². The molecule has 7 nitrogen and oxygen atoms in total. The first-order valence-corrected chi connectivity index (χ1v) is 11.9. The van der Waals surface area contributed by atoms with Crippen LogP contribution in [0.4, 0.5) is 0 Å². The van der Waals surface area contributed by atoms with Crippen LogP contribution in [0.3, 0.4) is 0 Å². The third-order valence-electron chi connectivity index (χ3n) is 6.54. The van der Waals surface area contributed by atoms with Gasteiger partial charge in [0.1, 0.15) is 18.2 Å². The van der Waals surface area contributed by atoms with Crippen LogP contribution in [0.25, 0.3) is 0 Å². The largest absolute Gasteiger partial charge is 0.371 e. The summed E-state index contributed by atoms with van der Waals surface area (Å²) in [6, 6.07) is 21.4. The molecule has 1 aromatic heterocycles. The lowest BCUT2D eigenvalue weighted by Crippen LogP contribution is -2.41. The minimum absolute atomic E-state index is 0.0215. The minimum Gasteiger partial charge on any atom is -0.371 e. The fraction of sp³-hybridized carbons (Fsp3) is 0.462. The van der Waals surface area contributed by atoms with Crippen LogP contribution in [-0.4, -0.2) is 64.9 Å². The number of nitrogens with zero attached hydrogens (tertiary/aromatic N) is 4. The predicted molar refractivity (Wildman–Crippen MR) is 127 cm³/mol. The van der Waals surface area contributed by atoms with Gasteiger partial charge in [0.15, 0.2) is 0 Å². The van der Waals surface area contributed by atoms with Gasteiger partial charge >= 0.3 is 0 Å². The molecule has 4 unspecified atom stereocenters. The van der Waals surface area contributed by atoms with Gasteiger partial charge in [-0.05, 0) is 37.6 Å². The summed E-state index contributed by atoms with van der Waals surface area (Å²) in [6.45, 7) is 3.88. The maximum absolute atomic E-state index is 6.15. The van der Waals surface area contributed by atoms with Gasteiger partial charge in [-0.1, -0.05) is 65.9 Å². The Morgan fingerprint density at radius 2 is 1.67 bits per heavy atom. The summed E-state index contributed by atoms with van der Waals surface area (Å²) >= 11 is 0. The Hall–Kier alpha value is -2.58. The number of rotatable bonds is 10. The normalized spacial score (nSPS) is 24.4. The molecule has 2 fully saturated rings. The second-order valence-electron chi connectivity index (χ2n) is 9.16. The van der Waals surface area contributed by atoms with Crippen molar-refractivity contribution in [2.24, 2.45) is 0 Å². The van der Waals surface area contributed by atoms with Crippen LogP contribution in [-0.2, 0) is 29.0 Å². The van der Waals surface area contributed by atoms with Gasteiger partial charge in [-0.3, -0.25) is 4.90 Å². The molecule has 0 aliphatic carbocycles. The van der Waals surface area contributed by atoms with Gasteiger partial charge in [-0.25, -0.2) is 4.68 Å². The summed E-state index contributed by atoms with van der Waals surface area (Å²) in [4.78, 5) is 2.25. The topological polar surface area (TPSA) is 64.4 Å². The van der Waals surface area contributed by atoms with Crippen molar-refractivity contribution in [3.63, 3.8) is 0 Å². The molecule has 2 aromatic carbocycles. The molecule has 3 heterocycles. The Balaban J connectivity index is 1.10. The smallest absolute Gasteiger partial charge is 0.110 e. The average Bonchev–Trinajstić information content (AvgIpc) is 3.55. The molecule has 5 rings (SSSR count). The predicted octanol–water partition coefficient (Wildman–Crippen LogP) is 2.84. The maximum Gasteiger partial charge on any atom is 0.110 e. The monoisotopic (exact) mass is 447 g/mol. The minimum atomic E-state index is 0.0215. The number of aromatic nitrogens is 3. The van der Waals surface area contributed by atoms with E-state index in [1.165, 1.54) is 11.1 Å². The Morgan fingerprint density at radius 3 is 2.45 bits per heavy atom. The quantitative estimate of drug-likeness (QED) is 0.482. The highest BCUT2D eigenvalue weighted by Crippen LogP contribution is 2.34. The fourth-order valence-electron chi connectivity index (χ4n) is 4.88. The van der Waals surface area contributed by atoms with Crippen molar-refractivity contribution >= 4 is 0 Å². The highest BCUT2D eigenvalue weighted by atomic mass is 16.6. The molecule has 7 heteroatoms. The maximum atomic E-state index is 6.15. The Bertz CT molecular complexity index is 996. The third-order valence-corrected chi connectivity index (χ3v) is 6.54. The SMILES string of the molecule is CN(Cc1ccccc1)Cc1cn(C2COC3C(NCCCc4ccccc4)COC32)nn1. The van der Waals surface area contributed by atoms with Gasteiger partial charge in [0.25, 0.3) is 0 Å². The zero-order valence-corrected chi connectivity index (χ0v) is 19.2. The van der Waals surface area contributed by atoms with Gasteiger partial charge in [-0.15, -0.1) is 5.10 Å². The lowest BCUT2D eigenvalue weighted by atomic mass is 10.1. The molecule has 1 N–H and O–H groups in total. The van der Waals surface area contributed by atoms with E-state index in [0.29, 0.717) is 13.2 Å². The summed E-state index contributed by atoms with van der Waals surface area (Å²) in [6.07, 6.45) is 4.32. The molecule has 33 heavy (non-hydrogen) atoms. The first-order chi connectivity index (χ1) is 16.3. The van der Waals surface area contributed by atoms with Crippen molar-refractivity contribution in [1.82, 2.24) is 25.2 Å². The summed E-state index contributed by atoms with van der Waals surface area (Å²) < 4.78 is 14.2. The average molecular weight is 448 g/mol.